The Kier molecular flexibility index (Phi) is 3.85. The van der Waals surface area contributed by atoms with Crippen molar-refractivity contribution in [1.82, 2.24) is 9.97 Å². The van der Waals surface area contributed by atoms with E-state index in [0.717, 1.165) is 28.7 Å². The molecule has 2 aromatic heterocycles. The van der Waals surface area contributed by atoms with Crippen molar-refractivity contribution in [1.29, 1.82) is 0 Å². The number of hydrogen-bond donors (Lipinski definition) is 3. The molecule has 0 aliphatic rings. The summed E-state index contributed by atoms with van der Waals surface area (Å²) in [6, 6.07) is 8.84. The van der Waals surface area contributed by atoms with Crippen molar-refractivity contribution in [2.75, 3.05) is 17.6 Å². The van der Waals surface area contributed by atoms with Crippen LogP contribution in [0.1, 0.15) is 11.1 Å². The molecule has 4 N–H and O–H groups in total. The molecule has 4 nitrogen and oxygen atoms in total. The molecule has 3 rings (SSSR count). The fraction of sp³-hybridized carbons (Fsp3) is 0.188. The van der Waals surface area contributed by atoms with Crippen LogP contribution in [0.15, 0.2) is 42.7 Å². The van der Waals surface area contributed by atoms with Gasteiger partial charge in [0.1, 0.15) is 5.82 Å². The fourth-order valence-electron chi connectivity index (χ4n) is 2.44. The number of pyridine rings is 1. The van der Waals surface area contributed by atoms with Crippen LogP contribution in [-0.2, 0) is 12.6 Å². The average molecular weight is 320 g/mol. The van der Waals surface area contributed by atoms with E-state index in [0.29, 0.717) is 13.0 Å². The first-order chi connectivity index (χ1) is 10.9. The number of hydrogen-bond acceptors (Lipinski definition) is 3. The Hall–Kier alpha value is -2.70. The van der Waals surface area contributed by atoms with E-state index >= 15 is 0 Å². The lowest BCUT2D eigenvalue weighted by Gasteiger charge is -2.12. The third-order valence-corrected chi connectivity index (χ3v) is 3.63. The number of benzene rings is 1. The van der Waals surface area contributed by atoms with Crippen LogP contribution in [0.5, 0.6) is 0 Å². The van der Waals surface area contributed by atoms with Gasteiger partial charge in [-0.2, -0.15) is 13.2 Å². The van der Waals surface area contributed by atoms with Gasteiger partial charge >= 0.3 is 6.18 Å². The summed E-state index contributed by atoms with van der Waals surface area (Å²) in [6.07, 6.45) is -1.14. The summed E-state index contributed by atoms with van der Waals surface area (Å²) in [5.74, 6) is 0.0527. The lowest BCUT2D eigenvalue weighted by Crippen LogP contribution is -2.11. The van der Waals surface area contributed by atoms with Crippen LogP contribution in [0.4, 0.5) is 24.7 Å². The number of aromatic amines is 1. The van der Waals surface area contributed by atoms with Crippen LogP contribution in [0, 0.1) is 0 Å². The minimum Gasteiger partial charge on any atom is -0.382 e. The van der Waals surface area contributed by atoms with Crippen molar-refractivity contribution in [2.45, 2.75) is 12.6 Å². The van der Waals surface area contributed by atoms with Crippen molar-refractivity contribution in [3.8, 4) is 0 Å². The summed E-state index contributed by atoms with van der Waals surface area (Å²) in [5.41, 5.74) is 7.13. The molecule has 0 aliphatic heterocycles. The Balaban J connectivity index is 1.71. The maximum atomic E-state index is 12.7. The number of nitrogens with one attached hydrogen (secondary N) is 2. The molecular weight excluding hydrogens is 305 g/mol. The molecule has 0 aliphatic carbocycles. The number of H-pyrrole nitrogens is 1. The van der Waals surface area contributed by atoms with Crippen molar-refractivity contribution in [3.63, 3.8) is 0 Å². The third kappa shape index (κ3) is 3.23. The molecular formula is C16H15F3N4. The highest BCUT2D eigenvalue weighted by Crippen LogP contribution is 2.31. The summed E-state index contributed by atoms with van der Waals surface area (Å²) >= 11 is 0. The fourth-order valence-corrected chi connectivity index (χ4v) is 2.44. The van der Waals surface area contributed by atoms with Gasteiger partial charge in [0.15, 0.2) is 0 Å². The van der Waals surface area contributed by atoms with Crippen molar-refractivity contribution >= 4 is 22.4 Å². The quantitative estimate of drug-likeness (QED) is 0.684. The van der Waals surface area contributed by atoms with E-state index < -0.39 is 11.7 Å². The van der Waals surface area contributed by atoms with E-state index in [4.69, 9.17) is 5.73 Å². The summed E-state index contributed by atoms with van der Waals surface area (Å²) < 4.78 is 38.1. The van der Waals surface area contributed by atoms with Gasteiger partial charge in [-0.15, -0.1) is 0 Å². The smallest absolute Gasteiger partial charge is 0.382 e. The average Bonchev–Trinajstić information content (AvgIpc) is 2.91. The molecule has 0 fully saturated rings. The van der Waals surface area contributed by atoms with Crippen molar-refractivity contribution in [3.05, 3.63) is 53.9 Å². The molecule has 0 atom stereocenters. The summed E-state index contributed by atoms with van der Waals surface area (Å²) in [6.45, 7) is 0.453. The number of nitrogens with zero attached hydrogens (tertiary/aromatic N) is 1. The lowest BCUT2D eigenvalue weighted by molar-refractivity contribution is -0.137. The van der Waals surface area contributed by atoms with E-state index in [2.05, 4.69) is 15.3 Å². The normalized spacial score (nSPS) is 11.8. The highest BCUT2D eigenvalue weighted by atomic mass is 19.4. The van der Waals surface area contributed by atoms with Gasteiger partial charge in [-0.25, -0.2) is 4.98 Å². The van der Waals surface area contributed by atoms with Crippen LogP contribution in [0.2, 0.25) is 0 Å². The van der Waals surface area contributed by atoms with Gasteiger partial charge in [-0.05, 0) is 24.1 Å². The predicted molar refractivity (Wildman–Crippen MR) is 84.1 cm³/mol. The Morgan fingerprint density at radius 3 is 2.78 bits per heavy atom. The number of halogens is 3. The van der Waals surface area contributed by atoms with Gasteiger partial charge < -0.3 is 16.0 Å². The number of para-hydroxylation sites is 1. The second kappa shape index (κ2) is 5.83. The molecule has 7 heteroatoms. The molecule has 0 spiro atoms. The standard InChI is InChI=1S/C16H15F3N4/c17-16(18,19)11-7-14(15(20)23-9-11)21-6-5-10-8-22-13-4-2-1-3-12(10)13/h1-4,7-9,21-22H,5-6H2,(H2,20,23). The minimum atomic E-state index is -4.44. The van der Waals surface area contributed by atoms with Crippen LogP contribution >= 0.6 is 0 Å². The number of fused-ring (bicyclic) bond motifs is 1. The molecule has 0 unspecified atom stereocenters. The zero-order chi connectivity index (χ0) is 16.4. The van der Waals surface area contributed by atoms with Gasteiger partial charge in [0.05, 0.1) is 11.3 Å². The molecule has 1 aromatic carbocycles. The van der Waals surface area contributed by atoms with Crippen LogP contribution < -0.4 is 11.1 Å². The van der Waals surface area contributed by atoms with Crippen molar-refractivity contribution < 1.29 is 13.2 Å². The number of aromatic nitrogens is 2. The first kappa shape index (κ1) is 15.2. The number of nitrogen functional groups attached to an aromatic ring is 1. The van der Waals surface area contributed by atoms with Crippen molar-refractivity contribution in [2.24, 2.45) is 0 Å². The molecule has 0 bridgehead atoms. The van der Waals surface area contributed by atoms with Crippen LogP contribution in [-0.4, -0.2) is 16.5 Å². The summed E-state index contributed by atoms with van der Waals surface area (Å²) in [4.78, 5) is 6.76. The molecule has 2 heterocycles. The first-order valence-electron chi connectivity index (χ1n) is 7.07. The van der Waals surface area contributed by atoms with Gasteiger partial charge in [0.2, 0.25) is 0 Å². The summed E-state index contributed by atoms with van der Waals surface area (Å²) in [5, 5.41) is 4.03. The van der Waals surface area contributed by atoms with E-state index in [1.807, 2.05) is 30.5 Å². The maximum Gasteiger partial charge on any atom is 0.417 e. The van der Waals surface area contributed by atoms with Gasteiger partial charge in [0, 0.05) is 29.8 Å². The van der Waals surface area contributed by atoms with Gasteiger partial charge in [-0.1, -0.05) is 18.2 Å². The van der Waals surface area contributed by atoms with E-state index in [9.17, 15) is 13.2 Å². The molecule has 0 radical (unpaired) electrons. The molecule has 0 amide bonds. The third-order valence-electron chi connectivity index (χ3n) is 3.63. The first-order valence-corrected chi connectivity index (χ1v) is 7.07. The lowest BCUT2D eigenvalue weighted by atomic mass is 10.1. The topological polar surface area (TPSA) is 66.7 Å². The van der Waals surface area contributed by atoms with E-state index in [1.54, 1.807) is 0 Å². The number of rotatable bonds is 4. The monoisotopic (exact) mass is 320 g/mol. The number of nitrogens with two attached hydrogens (primary N) is 1. The zero-order valence-electron chi connectivity index (χ0n) is 12.1. The Morgan fingerprint density at radius 2 is 2.00 bits per heavy atom. The zero-order valence-corrected chi connectivity index (χ0v) is 12.1. The maximum absolute atomic E-state index is 12.7. The Morgan fingerprint density at radius 1 is 1.22 bits per heavy atom. The van der Waals surface area contributed by atoms with E-state index in [-0.39, 0.29) is 11.5 Å². The number of anilines is 2. The minimum absolute atomic E-state index is 0.0527. The van der Waals surface area contributed by atoms with Crippen LogP contribution in [0.3, 0.4) is 0 Å². The van der Waals surface area contributed by atoms with Gasteiger partial charge in [-0.3, -0.25) is 0 Å². The number of alkyl halides is 3. The highest BCUT2D eigenvalue weighted by Gasteiger charge is 2.31. The SMILES string of the molecule is Nc1ncc(C(F)(F)F)cc1NCCc1c[nH]c2ccccc12. The summed E-state index contributed by atoms with van der Waals surface area (Å²) in [7, 11) is 0. The second-order valence-corrected chi connectivity index (χ2v) is 5.19. The highest BCUT2D eigenvalue weighted by molar-refractivity contribution is 5.83. The molecule has 0 saturated carbocycles. The predicted octanol–water partition coefficient (Wildman–Crippen LogP) is 3.82. The second-order valence-electron chi connectivity index (χ2n) is 5.19. The molecule has 120 valence electrons. The molecule has 3 aromatic rings. The molecule has 23 heavy (non-hydrogen) atoms. The Labute approximate surface area is 130 Å². The molecule has 0 saturated heterocycles. The van der Waals surface area contributed by atoms with Crippen LogP contribution in [0.25, 0.3) is 10.9 Å². The largest absolute Gasteiger partial charge is 0.417 e. The van der Waals surface area contributed by atoms with Gasteiger partial charge in [0.25, 0.3) is 0 Å². The Bertz CT molecular complexity index is 824. The van der Waals surface area contributed by atoms with E-state index in [1.165, 1.54) is 0 Å².